The first-order valence-corrected chi connectivity index (χ1v) is 4.78. The van der Waals surface area contributed by atoms with Gasteiger partial charge < -0.3 is 0 Å². The van der Waals surface area contributed by atoms with Gasteiger partial charge in [-0.15, -0.1) is 0 Å². The number of nitro benzene ring substituents is 2. The zero-order valence-corrected chi connectivity index (χ0v) is 9.26. The number of nitrogens with zero attached hydrogens (tertiary/aromatic N) is 2. The molecule has 0 radical (unpaired) electrons. The lowest BCUT2D eigenvalue weighted by Crippen LogP contribution is -2.00. The monoisotopic (exact) mass is 224 g/mol. The number of nitro groups is 2. The normalized spacial score (nSPS) is 10.5. The highest BCUT2D eigenvalue weighted by atomic mass is 16.6. The van der Waals surface area contributed by atoms with Crippen molar-refractivity contribution in [3.63, 3.8) is 0 Å². The highest BCUT2D eigenvalue weighted by molar-refractivity contribution is 5.55. The maximum atomic E-state index is 10.8. The maximum absolute atomic E-state index is 10.8. The summed E-state index contributed by atoms with van der Waals surface area (Å²) < 4.78 is 0. The summed E-state index contributed by atoms with van der Waals surface area (Å²) in [4.78, 5) is 20.3. The summed E-state index contributed by atoms with van der Waals surface area (Å²) in [5, 5.41) is 21.5. The number of benzene rings is 1. The van der Waals surface area contributed by atoms with Crippen LogP contribution in [0.4, 0.5) is 11.4 Å². The van der Waals surface area contributed by atoms with Crippen molar-refractivity contribution < 1.29 is 9.85 Å². The van der Waals surface area contributed by atoms with E-state index in [1.807, 2.05) is 13.8 Å². The molecule has 0 saturated heterocycles. The summed E-state index contributed by atoms with van der Waals surface area (Å²) >= 11 is 0. The van der Waals surface area contributed by atoms with Crippen LogP contribution in [-0.2, 0) is 0 Å². The van der Waals surface area contributed by atoms with Crippen LogP contribution < -0.4 is 0 Å². The second-order valence-corrected chi connectivity index (χ2v) is 3.85. The van der Waals surface area contributed by atoms with E-state index < -0.39 is 9.85 Å². The number of rotatable bonds is 3. The third-order valence-electron chi connectivity index (χ3n) is 2.44. The van der Waals surface area contributed by atoms with Gasteiger partial charge in [-0.25, -0.2) is 0 Å². The molecule has 0 unspecified atom stereocenters. The smallest absolute Gasteiger partial charge is 0.258 e. The Morgan fingerprint density at radius 2 is 1.44 bits per heavy atom. The largest absolute Gasteiger partial charge is 0.279 e. The van der Waals surface area contributed by atoms with Gasteiger partial charge in [-0.05, 0) is 18.4 Å². The van der Waals surface area contributed by atoms with Crippen molar-refractivity contribution in [1.82, 2.24) is 0 Å². The SMILES string of the molecule is Cc1c([N+](=O)[O-])cc(C(C)C)cc1[N+](=O)[O-]. The van der Waals surface area contributed by atoms with Crippen molar-refractivity contribution in [3.8, 4) is 0 Å². The fourth-order valence-corrected chi connectivity index (χ4v) is 1.42. The predicted octanol–water partition coefficient (Wildman–Crippen LogP) is 2.93. The molecule has 0 bridgehead atoms. The summed E-state index contributed by atoms with van der Waals surface area (Å²) in [6, 6.07) is 2.79. The average Bonchev–Trinajstić information content (AvgIpc) is 2.16. The van der Waals surface area contributed by atoms with Gasteiger partial charge in [0.2, 0.25) is 0 Å². The van der Waals surface area contributed by atoms with Crippen LogP contribution >= 0.6 is 0 Å². The molecule has 0 N–H and O–H groups in total. The molecule has 86 valence electrons. The first-order chi connectivity index (χ1) is 7.34. The van der Waals surface area contributed by atoms with Gasteiger partial charge in [0.05, 0.1) is 9.85 Å². The molecule has 1 aromatic carbocycles. The molecule has 16 heavy (non-hydrogen) atoms. The molecule has 6 nitrogen and oxygen atoms in total. The van der Waals surface area contributed by atoms with Crippen molar-refractivity contribution in [2.75, 3.05) is 0 Å². The van der Waals surface area contributed by atoms with Crippen LogP contribution in [0.3, 0.4) is 0 Å². The van der Waals surface area contributed by atoms with Gasteiger partial charge in [-0.2, -0.15) is 0 Å². The standard InChI is InChI=1S/C10H12N2O4/c1-6(2)8-4-9(11(13)14)7(3)10(5-8)12(15)16/h4-6H,1-3H3. The predicted molar refractivity (Wildman–Crippen MR) is 58.6 cm³/mol. The zero-order valence-electron chi connectivity index (χ0n) is 9.26. The van der Waals surface area contributed by atoms with E-state index in [-0.39, 0.29) is 22.9 Å². The lowest BCUT2D eigenvalue weighted by atomic mass is 9.99. The van der Waals surface area contributed by atoms with Crippen LogP contribution in [-0.4, -0.2) is 9.85 Å². The molecule has 0 aliphatic heterocycles. The third-order valence-corrected chi connectivity index (χ3v) is 2.44. The van der Waals surface area contributed by atoms with E-state index >= 15 is 0 Å². The average molecular weight is 224 g/mol. The Morgan fingerprint density at radius 3 is 1.69 bits per heavy atom. The summed E-state index contributed by atoms with van der Waals surface area (Å²) in [7, 11) is 0. The lowest BCUT2D eigenvalue weighted by molar-refractivity contribution is -0.395. The van der Waals surface area contributed by atoms with Gasteiger partial charge in [0.25, 0.3) is 11.4 Å². The van der Waals surface area contributed by atoms with Crippen molar-refractivity contribution in [2.24, 2.45) is 0 Å². The lowest BCUT2D eigenvalue weighted by Gasteiger charge is -2.06. The van der Waals surface area contributed by atoms with Crippen LogP contribution in [0.1, 0.15) is 30.9 Å². The Kier molecular flexibility index (Phi) is 3.22. The second-order valence-electron chi connectivity index (χ2n) is 3.85. The van der Waals surface area contributed by atoms with Crippen molar-refractivity contribution in [2.45, 2.75) is 26.7 Å². The second kappa shape index (κ2) is 4.26. The zero-order chi connectivity index (χ0) is 12.5. The Balaban J connectivity index is 3.51. The van der Waals surface area contributed by atoms with Crippen LogP contribution in [0.2, 0.25) is 0 Å². The van der Waals surface area contributed by atoms with Crippen LogP contribution in [0.15, 0.2) is 12.1 Å². The van der Waals surface area contributed by atoms with Crippen molar-refractivity contribution >= 4 is 11.4 Å². The molecule has 1 rings (SSSR count). The molecule has 0 heterocycles. The van der Waals surface area contributed by atoms with Crippen LogP contribution in [0.25, 0.3) is 0 Å². The summed E-state index contributed by atoms with van der Waals surface area (Å²) in [5.74, 6) is 0.0120. The topological polar surface area (TPSA) is 86.3 Å². The highest BCUT2D eigenvalue weighted by Gasteiger charge is 2.23. The van der Waals surface area contributed by atoms with Gasteiger partial charge in [-0.1, -0.05) is 13.8 Å². The molecule has 0 spiro atoms. The highest BCUT2D eigenvalue weighted by Crippen LogP contribution is 2.31. The van der Waals surface area contributed by atoms with Crippen LogP contribution in [0, 0.1) is 27.2 Å². The maximum Gasteiger partial charge on any atom is 0.279 e. The summed E-state index contributed by atoms with van der Waals surface area (Å²) in [6.07, 6.45) is 0. The van der Waals surface area contributed by atoms with Gasteiger partial charge in [0.15, 0.2) is 0 Å². The molecule has 0 aliphatic carbocycles. The van der Waals surface area contributed by atoms with Crippen molar-refractivity contribution in [3.05, 3.63) is 43.5 Å². The number of hydrogen-bond donors (Lipinski definition) is 0. The van der Waals surface area contributed by atoms with E-state index in [1.54, 1.807) is 0 Å². The van der Waals surface area contributed by atoms with E-state index in [1.165, 1.54) is 19.1 Å². The Morgan fingerprint density at radius 1 is 1.06 bits per heavy atom. The first-order valence-electron chi connectivity index (χ1n) is 4.78. The van der Waals surface area contributed by atoms with E-state index in [0.29, 0.717) is 5.56 Å². The van der Waals surface area contributed by atoms with Crippen LogP contribution in [0.5, 0.6) is 0 Å². The van der Waals surface area contributed by atoms with Gasteiger partial charge in [0, 0.05) is 12.1 Å². The fraction of sp³-hybridized carbons (Fsp3) is 0.400. The quantitative estimate of drug-likeness (QED) is 0.583. The van der Waals surface area contributed by atoms with Gasteiger partial charge >= 0.3 is 0 Å². The summed E-state index contributed by atoms with van der Waals surface area (Å²) in [6.45, 7) is 5.05. The molecule has 0 fully saturated rings. The van der Waals surface area contributed by atoms with E-state index in [2.05, 4.69) is 0 Å². The van der Waals surface area contributed by atoms with E-state index in [9.17, 15) is 20.2 Å². The first kappa shape index (κ1) is 12.1. The molecule has 0 aromatic heterocycles. The molecule has 1 aromatic rings. The molecule has 0 saturated carbocycles. The molecule has 0 amide bonds. The fourth-order valence-electron chi connectivity index (χ4n) is 1.42. The summed E-state index contributed by atoms with van der Waals surface area (Å²) in [5.41, 5.74) is 0.305. The molecular weight excluding hydrogens is 212 g/mol. The van der Waals surface area contributed by atoms with Gasteiger partial charge in [-0.3, -0.25) is 20.2 Å². The Labute approximate surface area is 92.2 Å². The molecular formula is C10H12N2O4. The third kappa shape index (κ3) is 2.16. The minimum absolute atomic E-state index is 0.0120. The molecule has 0 atom stereocenters. The molecule has 0 aliphatic rings. The van der Waals surface area contributed by atoms with Crippen molar-refractivity contribution in [1.29, 1.82) is 0 Å². The molecule has 6 heteroatoms. The Hall–Kier alpha value is -1.98. The van der Waals surface area contributed by atoms with E-state index in [4.69, 9.17) is 0 Å². The number of hydrogen-bond acceptors (Lipinski definition) is 4. The minimum Gasteiger partial charge on any atom is -0.258 e. The minimum atomic E-state index is -0.589. The van der Waals surface area contributed by atoms with Gasteiger partial charge in [0.1, 0.15) is 5.56 Å². The Bertz CT molecular complexity index is 419. The van der Waals surface area contributed by atoms with E-state index in [0.717, 1.165) is 0 Å².